The van der Waals surface area contributed by atoms with Gasteiger partial charge in [0, 0.05) is 42.9 Å². The van der Waals surface area contributed by atoms with E-state index in [1.807, 2.05) is 38.6 Å². The lowest BCUT2D eigenvalue weighted by Gasteiger charge is -2.40. The summed E-state index contributed by atoms with van der Waals surface area (Å²) in [5, 5.41) is 1.06. The molecule has 35 heavy (non-hydrogen) atoms. The predicted molar refractivity (Wildman–Crippen MR) is 126 cm³/mol. The lowest BCUT2D eigenvalue weighted by Crippen LogP contribution is -2.56. The summed E-state index contributed by atoms with van der Waals surface area (Å²) in [6.45, 7) is 1.26. The summed E-state index contributed by atoms with van der Waals surface area (Å²) in [4.78, 5) is 44.4. The normalized spacial score (nSPS) is 17.3. The van der Waals surface area contributed by atoms with E-state index in [-0.39, 0.29) is 18.7 Å². The smallest absolute Gasteiger partial charge is 0.422 e. The maximum Gasteiger partial charge on any atom is 0.422 e. The summed E-state index contributed by atoms with van der Waals surface area (Å²) in [7, 11) is 4.08. The van der Waals surface area contributed by atoms with E-state index in [4.69, 9.17) is 13.9 Å². The Morgan fingerprint density at radius 1 is 1.09 bits per heavy atom. The third kappa shape index (κ3) is 4.51. The monoisotopic (exact) mass is 477 g/mol. The summed E-state index contributed by atoms with van der Waals surface area (Å²) in [6.07, 6.45) is 7.83. The van der Waals surface area contributed by atoms with Crippen molar-refractivity contribution in [1.29, 1.82) is 0 Å². The zero-order valence-corrected chi connectivity index (χ0v) is 19.8. The van der Waals surface area contributed by atoms with Gasteiger partial charge in [0.05, 0.1) is 12.7 Å². The van der Waals surface area contributed by atoms with E-state index in [1.165, 1.54) is 4.90 Å². The third-order valence-corrected chi connectivity index (χ3v) is 6.47. The Balaban J connectivity index is 1.37. The van der Waals surface area contributed by atoms with Gasteiger partial charge in [0.2, 0.25) is 5.91 Å². The zero-order chi connectivity index (χ0) is 24.6. The van der Waals surface area contributed by atoms with Gasteiger partial charge >= 0.3 is 17.8 Å². The molecule has 1 aromatic carbocycles. The molecule has 9 heteroatoms. The zero-order valence-electron chi connectivity index (χ0n) is 19.8. The van der Waals surface area contributed by atoms with Gasteiger partial charge in [-0.3, -0.25) is 14.7 Å². The number of benzene rings is 1. The van der Waals surface area contributed by atoms with E-state index in [2.05, 4.69) is 16.0 Å². The third-order valence-electron chi connectivity index (χ3n) is 6.47. The molecule has 0 unspecified atom stereocenters. The van der Waals surface area contributed by atoms with Crippen molar-refractivity contribution >= 4 is 28.8 Å². The fourth-order valence-corrected chi connectivity index (χ4v) is 4.66. The van der Waals surface area contributed by atoms with Crippen molar-refractivity contribution in [3.05, 3.63) is 54.0 Å². The number of hydrogen-bond donors (Lipinski definition) is 0. The van der Waals surface area contributed by atoms with Crippen LogP contribution >= 0.6 is 0 Å². The molecule has 1 spiro atoms. The van der Waals surface area contributed by atoms with Crippen molar-refractivity contribution in [3.8, 4) is 11.1 Å². The Kier molecular flexibility index (Phi) is 6.02. The van der Waals surface area contributed by atoms with Crippen LogP contribution in [0.2, 0.25) is 0 Å². The minimum absolute atomic E-state index is 0.0414. The molecule has 9 nitrogen and oxygen atoms in total. The number of piperidine rings is 1. The molecule has 2 saturated heterocycles. The Morgan fingerprint density at radius 3 is 2.66 bits per heavy atom. The summed E-state index contributed by atoms with van der Waals surface area (Å²) in [5.74, 6) is -4.03. The fourth-order valence-electron chi connectivity index (χ4n) is 4.66. The molecule has 0 radical (unpaired) electrons. The van der Waals surface area contributed by atoms with E-state index in [9.17, 15) is 14.4 Å². The van der Waals surface area contributed by atoms with Crippen LogP contribution < -0.4 is 0 Å². The van der Waals surface area contributed by atoms with Crippen LogP contribution in [0.1, 0.15) is 30.4 Å². The second-order valence-electron chi connectivity index (χ2n) is 9.28. The average molecular weight is 478 g/mol. The second kappa shape index (κ2) is 9.14. The second-order valence-corrected chi connectivity index (χ2v) is 9.28. The van der Waals surface area contributed by atoms with E-state index in [0.717, 1.165) is 47.0 Å². The molecule has 3 aromatic rings. The summed E-state index contributed by atoms with van der Waals surface area (Å²) >= 11 is 0. The highest BCUT2D eigenvalue weighted by molar-refractivity contribution is 6.31. The van der Waals surface area contributed by atoms with E-state index >= 15 is 0 Å². The molecule has 0 bridgehead atoms. The number of rotatable bonds is 6. The first-order valence-electron chi connectivity index (χ1n) is 11.7. The van der Waals surface area contributed by atoms with Crippen molar-refractivity contribution in [2.45, 2.75) is 38.0 Å². The summed E-state index contributed by atoms with van der Waals surface area (Å²) in [5.41, 5.74) is 4.54. The van der Waals surface area contributed by atoms with Crippen LogP contribution in [0.5, 0.6) is 0 Å². The Bertz CT molecular complexity index is 1280. The first-order valence-corrected chi connectivity index (χ1v) is 11.7. The van der Waals surface area contributed by atoms with Gasteiger partial charge in [0.15, 0.2) is 0 Å². The molecular weight excluding hydrogens is 450 g/mol. The lowest BCUT2D eigenvalue weighted by atomic mass is 10.0. The van der Waals surface area contributed by atoms with Gasteiger partial charge in [-0.1, -0.05) is 6.07 Å². The summed E-state index contributed by atoms with van der Waals surface area (Å²) in [6, 6.07) is 7.93. The highest BCUT2D eigenvalue weighted by atomic mass is 16.8. The Labute approximate surface area is 202 Å². The molecule has 0 atom stereocenters. The number of hydrogen-bond acceptors (Lipinski definition) is 8. The number of pyridine rings is 1. The number of carbonyl (C=O) groups is 3. The molecule has 4 heterocycles. The highest BCUT2D eigenvalue weighted by Gasteiger charge is 2.55. The SMILES string of the molecule is CN(C)CCc1coc2ccc(-c3cncc(CC(=O)N4CCCCC45OC(=O)C(=O)O5)c3)cc12. The van der Waals surface area contributed by atoms with Gasteiger partial charge in [-0.05, 0) is 68.2 Å². The van der Waals surface area contributed by atoms with Crippen LogP contribution in [0.4, 0.5) is 0 Å². The molecule has 0 N–H and O–H groups in total. The topological polar surface area (TPSA) is 102 Å². The standard InChI is InChI=1S/C26H27N3O6/c1-28(2)10-7-19-16-33-22-6-5-18(13-21(19)22)20-11-17(14-27-15-20)12-23(30)29-9-4-3-8-26(29)34-24(31)25(32)35-26/h5-6,11,13-16H,3-4,7-10,12H2,1-2H3. The fraction of sp³-hybridized carbons (Fsp3) is 0.385. The van der Waals surface area contributed by atoms with Crippen molar-refractivity contribution in [2.24, 2.45) is 0 Å². The quantitative estimate of drug-likeness (QED) is 0.395. The maximum absolute atomic E-state index is 13.2. The molecule has 2 aliphatic heterocycles. The predicted octanol–water partition coefficient (Wildman–Crippen LogP) is 2.91. The van der Waals surface area contributed by atoms with E-state index in [1.54, 1.807) is 12.4 Å². The largest absolute Gasteiger partial charge is 0.464 e. The number of fused-ring (bicyclic) bond motifs is 1. The number of likely N-dealkylation sites (tertiary alicyclic amines) is 1. The number of carbonyl (C=O) groups excluding carboxylic acids is 3. The molecule has 0 aliphatic carbocycles. The van der Waals surface area contributed by atoms with Crippen LogP contribution in [-0.4, -0.2) is 65.7 Å². The number of ether oxygens (including phenoxy) is 2. The van der Waals surface area contributed by atoms with E-state index in [0.29, 0.717) is 18.5 Å². The summed E-state index contributed by atoms with van der Waals surface area (Å²) < 4.78 is 16.1. The number of likely N-dealkylation sites (N-methyl/N-ethyl adjacent to an activating group) is 1. The van der Waals surface area contributed by atoms with Crippen molar-refractivity contribution in [1.82, 2.24) is 14.8 Å². The minimum Gasteiger partial charge on any atom is -0.464 e. The van der Waals surface area contributed by atoms with Gasteiger partial charge in [0.25, 0.3) is 0 Å². The number of aromatic nitrogens is 1. The van der Waals surface area contributed by atoms with Crippen molar-refractivity contribution < 1.29 is 28.3 Å². The van der Waals surface area contributed by atoms with Crippen LogP contribution in [0, 0.1) is 0 Å². The van der Waals surface area contributed by atoms with Crippen LogP contribution in [0.25, 0.3) is 22.1 Å². The average Bonchev–Trinajstić information content (AvgIpc) is 3.37. The molecule has 5 rings (SSSR count). The van der Waals surface area contributed by atoms with Crippen molar-refractivity contribution in [2.75, 3.05) is 27.2 Å². The van der Waals surface area contributed by atoms with Gasteiger partial charge in [-0.2, -0.15) is 0 Å². The molecule has 0 saturated carbocycles. The van der Waals surface area contributed by atoms with Crippen LogP contribution in [0.3, 0.4) is 0 Å². The number of furan rings is 1. The molecule has 2 fully saturated rings. The maximum atomic E-state index is 13.2. The number of nitrogens with zero attached hydrogens (tertiary/aromatic N) is 3. The van der Waals surface area contributed by atoms with Gasteiger partial charge < -0.3 is 18.8 Å². The minimum atomic E-state index is -1.62. The highest BCUT2D eigenvalue weighted by Crippen LogP contribution is 2.35. The van der Waals surface area contributed by atoms with Gasteiger partial charge in [-0.25, -0.2) is 9.59 Å². The molecule has 182 valence electrons. The molecular formula is C26H27N3O6. The van der Waals surface area contributed by atoms with Crippen molar-refractivity contribution in [3.63, 3.8) is 0 Å². The van der Waals surface area contributed by atoms with Gasteiger partial charge in [-0.15, -0.1) is 0 Å². The molecule has 2 aromatic heterocycles. The lowest BCUT2D eigenvalue weighted by molar-refractivity contribution is -0.257. The first-order chi connectivity index (χ1) is 16.8. The number of esters is 2. The number of amides is 1. The van der Waals surface area contributed by atoms with Crippen LogP contribution in [-0.2, 0) is 36.7 Å². The molecule has 1 amide bonds. The first kappa shape index (κ1) is 23.0. The van der Waals surface area contributed by atoms with Gasteiger partial charge in [0.1, 0.15) is 5.58 Å². The van der Waals surface area contributed by atoms with Crippen LogP contribution in [0.15, 0.2) is 47.3 Å². The molecule has 2 aliphatic rings. The Hall–Kier alpha value is -3.72. The Morgan fingerprint density at radius 2 is 1.89 bits per heavy atom. The van der Waals surface area contributed by atoms with E-state index < -0.39 is 17.8 Å².